The van der Waals surface area contributed by atoms with Gasteiger partial charge in [0.1, 0.15) is 34.6 Å². The Bertz CT molecular complexity index is 2180. The summed E-state index contributed by atoms with van der Waals surface area (Å²) in [5.41, 5.74) is 1.24. The number of sulfonamides is 1. The molecule has 1 aromatic heterocycles. The molecule has 5 atom stereocenters. The van der Waals surface area contributed by atoms with Crippen LogP contribution in [-0.2, 0) is 35.6 Å². The van der Waals surface area contributed by atoms with Gasteiger partial charge in [-0.2, -0.15) is 15.0 Å². The standard InChI is InChI=1S/C44H59N7O7S/c1-7-31-26-44(31,40(54)49-59(56,57)33-21-22-33)46-38(52)34-25-32-27-50(34)39(53)37(42(2,3)4)45-41(55)58-43(5,6)23-14-9-8-11-16-28-17-15-20-30(24-28)36-35(47-51(32)48-36)29-18-12-10-13-19-29/h10,12-13,15,17-20,24,31-34,37H,7-9,11,14,16,21-23,25-27H2,1-6H3,(H,45,55)(H,46,52)(H,49,54)/t31-,32-,34+,37-,44-/m1/s1. The number of ether oxygens (including phenoxy) is 1. The van der Waals surface area contributed by atoms with Crippen molar-refractivity contribution >= 4 is 33.8 Å². The monoisotopic (exact) mass is 829 g/mol. The highest BCUT2D eigenvalue weighted by atomic mass is 32.2. The maximum atomic E-state index is 14.9. The van der Waals surface area contributed by atoms with Crippen molar-refractivity contribution in [2.75, 3.05) is 6.54 Å². The van der Waals surface area contributed by atoms with Gasteiger partial charge in [0.2, 0.25) is 21.8 Å². The van der Waals surface area contributed by atoms with E-state index in [1.807, 2.05) is 84.0 Å². The molecule has 4 amide bonds. The van der Waals surface area contributed by atoms with Gasteiger partial charge < -0.3 is 20.3 Å². The minimum absolute atomic E-state index is 0.0283. The quantitative estimate of drug-likeness (QED) is 0.255. The van der Waals surface area contributed by atoms with Gasteiger partial charge in [-0.25, -0.2) is 13.2 Å². The second kappa shape index (κ2) is 16.3. The van der Waals surface area contributed by atoms with Crippen LogP contribution in [0.25, 0.3) is 22.5 Å². The Morgan fingerprint density at radius 1 is 0.949 bits per heavy atom. The van der Waals surface area contributed by atoms with Crippen LogP contribution in [0.15, 0.2) is 54.6 Å². The Labute approximate surface area is 347 Å². The van der Waals surface area contributed by atoms with Crippen molar-refractivity contribution < 1.29 is 32.3 Å². The lowest BCUT2D eigenvalue weighted by Gasteiger charge is -2.36. The van der Waals surface area contributed by atoms with Crippen molar-refractivity contribution in [3.8, 4) is 22.5 Å². The van der Waals surface area contributed by atoms with Gasteiger partial charge in [0, 0.05) is 24.1 Å². The number of hydrogen-bond donors (Lipinski definition) is 3. The van der Waals surface area contributed by atoms with Gasteiger partial charge in [-0.1, -0.05) is 95.5 Å². The number of alkyl carbamates (subject to hydrolysis) is 1. The van der Waals surface area contributed by atoms with E-state index < -0.39 is 73.8 Å². The highest BCUT2D eigenvalue weighted by Crippen LogP contribution is 2.47. The molecule has 0 radical (unpaired) electrons. The summed E-state index contributed by atoms with van der Waals surface area (Å²) in [4.78, 5) is 59.9. The lowest BCUT2D eigenvalue weighted by Crippen LogP contribution is -2.60. The Balaban J connectivity index is 1.28. The minimum Gasteiger partial charge on any atom is -0.444 e. The topological polar surface area (TPSA) is 182 Å². The molecular weight excluding hydrogens is 771 g/mol. The number of aromatic nitrogens is 3. The summed E-state index contributed by atoms with van der Waals surface area (Å²) >= 11 is 0. The van der Waals surface area contributed by atoms with Crippen molar-refractivity contribution in [2.45, 2.75) is 147 Å². The SMILES string of the molecule is CC[C@@H]1C[C@]1(NC(=O)[C@@H]1C[C@@H]2CN1C(=O)[C@H](C(C)(C)C)NC(=O)OC(C)(C)CCCCCCc1cccc(c1)-c1nn2nc1-c1ccccc1)C(=O)NS(=O)(=O)C1CC1. The number of benzene rings is 2. The average Bonchev–Trinajstić information content (AvgIpc) is 4.07. The van der Waals surface area contributed by atoms with Crippen LogP contribution in [-0.4, -0.2) is 87.1 Å². The molecule has 3 N–H and O–H groups in total. The number of aryl methyl sites for hydroxylation is 1. The fourth-order valence-corrected chi connectivity index (χ4v) is 9.97. The van der Waals surface area contributed by atoms with Gasteiger partial charge in [-0.15, -0.1) is 0 Å². The van der Waals surface area contributed by atoms with Gasteiger partial charge in [-0.3, -0.25) is 19.1 Å². The van der Waals surface area contributed by atoms with Crippen LogP contribution in [0.5, 0.6) is 0 Å². The van der Waals surface area contributed by atoms with Crippen LogP contribution < -0.4 is 15.4 Å². The van der Waals surface area contributed by atoms with E-state index in [4.69, 9.17) is 14.9 Å². The summed E-state index contributed by atoms with van der Waals surface area (Å²) in [7, 11) is -3.88. The summed E-state index contributed by atoms with van der Waals surface area (Å²) in [5.74, 6) is -2.14. The first-order chi connectivity index (χ1) is 27.9. The van der Waals surface area contributed by atoms with Crippen LogP contribution in [0, 0.1) is 11.3 Å². The zero-order valence-electron chi connectivity index (χ0n) is 35.1. The predicted molar refractivity (Wildman–Crippen MR) is 223 cm³/mol. The highest BCUT2D eigenvalue weighted by Gasteiger charge is 2.62. The molecule has 3 fully saturated rings. The number of carbonyl (C=O) groups excluding carboxylic acids is 4. The largest absolute Gasteiger partial charge is 0.444 e. The van der Waals surface area contributed by atoms with E-state index >= 15 is 0 Å². The number of nitrogens with one attached hydrogen (secondary N) is 3. The summed E-state index contributed by atoms with van der Waals surface area (Å²) < 4.78 is 33.9. The number of fused-ring (bicyclic) bond motifs is 8. The second-order valence-corrected chi connectivity index (χ2v) is 20.6. The zero-order valence-corrected chi connectivity index (χ0v) is 35.9. The first-order valence-corrected chi connectivity index (χ1v) is 22.7. The molecule has 0 spiro atoms. The molecule has 318 valence electrons. The van der Waals surface area contributed by atoms with E-state index in [9.17, 15) is 27.6 Å². The van der Waals surface area contributed by atoms with Crippen molar-refractivity contribution in [3.05, 3.63) is 60.2 Å². The number of hydrogen-bond acceptors (Lipinski definition) is 9. The first kappa shape index (κ1) is 42.3. The minimum atomic E-state index is -3.88. The molecule has 2 saturated carbocycles. The van der Waals surface area contributed by atoms with Gasteiger partial charge in [0.15, 0.2) is 0 Å². The molecule has 4 aliphatic rings. The van der Waals surface area contributed by atoms with E-state index in [1.165, 1.54) is 10.5 Å². The number of nitrogens with zero attached hydrogens (tertiary/aromatic N) is 4. The Morgan fingerprint density at radius 2 is 1.63 bits per heavy atom. The molecule has 2 aliphatic heterocycles. The van der Waals surface area contributed by atoms with Crippen molar-refractivity contribution in [2.24, 2.45) is 11.3 Å². The smallest absolute Gasteiger partial charge is 0.408 e. The summed E-state index contributed by atoms with van der Waals surface area (Å²) in [6.45, 7) is 11.2. The van der Waals surface area contributed by atoms with Crippen LogP contribution in [0.3, 0.4) is 0 Å². The molecular formula is C44H59N7O7S. The third kappa shape index (κ3) is 9.34. The maximum Gasteiger partial charge on any atom is 0.408 e. The van der Waals surface area contributed by atoms with Gasteiger partial charge >= 0.3 is 6.09 Å². The molecule has 2 aliphatic carbocycles. The molecule has 0 unspecified atom stereocenters. The van der Waals surface area contributed by atoms with Gasteiger partial charge in [0.05, 0.1) is 11.3 Å². The second-order valence-electron chi connectivity index (χ2n) is 18.6. The average molecular weight is 830 g/mol. The van der Waals surface area contributed by atoms with Gasteiger partial charge in [-0.05, 0) is 81.8 Å². The lowest BCUT2D eigenvalue weighted by molar-refractivity contribution is -0.143. The molecule has 15 heteroatoms. The van der Waals surface area contributed by atoms with E-state index in [2.05, 4.69) is 27.5 Å². The molecule has 3 heterocycles. The van der Waals surface area contributed by atoms with Crippen molar-refractivity contribution in [1.29, 1.82) is 0 Å². The molecule has 14 nitrogen and oxygen atoms in total. The Kier molecular flexibility index (Phi) is 11.7. The van der Waals surface area contributed by atoms with Crippen LogP contribution in [0.2, 0.25) is 0 Å². The molecule has 7 rings (SSSR count). The summed E-state index contributed by atoms with van der Waals surface area (Å²) in [5, 5.41) is 15.3. The third-order valence-electron chi connectivity index (χ3n) is 12.4. The van der Waals surface area contributed by atoms with E-state index in [0.29, 0.717) is 37.1 Å². The summed E-state index contributed by atoms with van der Waals surface area (Å²) in [6, 6.07) is 15.3. The predicted octanol–water partition coefficient (Wildman–Crippen LogP) is 6.07. The van der Waals surface area contributed by atoms with E-state index in [-0.39, 0.29) is 25.3 Å². The first-order valence-electron chi connectivity index (χ1n) is 21.2. The summed E-state index contributed by atoms with van der Waals surface area (Å²) in [6.07, 6.45) is 6.53. The molecule has 3 aromatic rings. The molecule has 6 bridgehead atoms. The number of amides is 4. The zero-order chi connectivity index (χ0) is 42.3. The Morgan fingerprint density at radius 3 is 2.29 bits per heavy atom. The molecule has 59 heavy (non-hydrogen) atoms. The lowest BCUT2D eigenvalue weighted by atomic mass is 9.85. The van der Waals surface area contributed by atoms with Crippen molar-refractivity contribution in [1.82, 2.24) is 35.2 Å². The normalized spacial score (nSPS) is 26.5. The van der Waals surface area contributed by atoms with E-state index in [1.54, 1.807) is 4.80 Å². The van der Waals surface area contributed by atoms with Crippen LogP contribution >= 0.6 is 0 Å². The number of rotatable bonds is 7. The third-order valence-corrected chi connectivity index (χ3v) is 14.2. The number of carbonyl (C=O) groups is 4. The molecule has 1 saturated heterocycles. The Hall–Kier alpha value is -4.79. The van der Waals surface area contributed by atoms with Crippen LogP contribution in [0.4, 0.5) is 4.79 Å². The van der Waals surface area contributed by atoms with E-state index in [0.717, 1.165) is 43.2 Å². The highest BCUT2D eigenvalue weighted by molar-refractivity contribution is 7.91. The van der Waals surface area contributed by atoms with Crippen LogP contribution in [0.1, 0.15) is 117 Å². The fraction of sp³-hybridized carbons (Fsp3) is 0.591. The maximum absolute atomic E-state index is 14.9. The van der Waals surface area contributed by atoms with Gasteiger partial charge in [0.25, 0.3) is 5.91 Å². The molecule has 2 aromatic carbocycles. The number of cyclic esters (lactones) is 1. The fourth-order valence-electron chi connectivity index (χ4n) is 8.61. The van der Waals surface area contributed by atoms with Crippen molar-refractivity contribution in [3.63, 3.8) is 0 Å².